The molecule has 2 aromatic rings. The summed E-state index contributed by atoms with van der Waals surface area (Å²) >= 11 is 1.39. The Morgan fingerprint density at radius 2 is 1.56 bits per heavy atom. The molecular weight excluding hydrogens is 342 g/mol. The Morgan fingerprint density at radius 1 is 1.00 bits per heavy atom. The van der Waals surface area contributed by atoms with Crippen molar-refractivity contribution < 1.29 is 19.1 Å². The van der Waals surface area contributed by atoms with Gasteiger partial charge in [-0.3, -0.25) is 9.59 Å². The Bertz CT molecular complexity index is 733. The SMILES string of the molecule is COc1cccc(OC)c1C(=O)N1CCN(C(=O)c2cscn2)CC1. The number of carbonyl (C=O) groups excluding carboxylic acids is 2. The lowest BCUT2D eigenvalue weighted by Crippen LogP contribution is -2.50. The van der Waals surface area contributed by atoms with Crippen molar-refractivity contribution >= 4 is 23.2 Å². The van der Waals surface area contributed by atoms with Crippen LogP contribution in [0.2, 0.25) is 0 Å². The normalized spacial score (nSPS) is 14.3. The van der Waals surface area contributed by atoms with E-state index in [1.54, 1.807) is 38.9 Å². The largest absolute Gasteiger partial charge is 0.496 e. The quantitative estimate of drug-likeness (QED) is 0.830. The van der Waals surface area contributed by atoms with Crippen molar-refractivity contribution in [1.82, 2.24) is 14.8 Å². The summed E-state index contributed by atoms with van der Waals surface area (Å²) in [5.41, 5.74) is 2.50. The number of aromatic nitrogens is 1. The van der Waals surface area contributed by atoms with E-state index >= 15 is 0 Å². The molecule has 0 bridgehead atoms. The first-order chi connectivity index (χ1) is 12.2. The van der Waals surface area contributed by atoms with Crippen molar-refractivity contribution in [2.45, 2.75) is 0 Å². The fourth-order valence-electron chi connectivity index (χ4n) is 2.81. The lowest BCUT2D eigenvalue weighted by molar-refractivity contribution is 0.0529. The maximum atomic E-state index is 12.9. The number of amides is 2. The zero-order valence-corrected chi connectivity index (χ0v) is 14.9. The predicted octanol–water partition coefficient (Wildman–Crippen LogP) is 1.76. The molecule has 8 heteroatoms. The number of thiazole rings is 1. The Hall–Kier alpha value is -2.61. The summed E-state index contributed by atoms with van der Waals surface area (Å²) in [5.74, 6) is 0.703. The van der Waals surface area contributed by atoms with E-state index in [1.807, 2.05) is 0 Å². The molecule has 0 spiro atoms. The standard InChI is InChI=1S/C17H19N3O4S/c1-23-13-4-3-5-14(24-2)15(13)17(22)20-8-6-19(7-9-20)16(21)12-10-25-11-18-12/h3-5,10-11H,6-9H2,1-2H3. The number of ether oxygens (including phenoxy) is 2. The van der Waals surface area contributed by atoms with E-state index in [1.165, 1.54) is 25.6 Å². The van der Waals surface area contributed by atoms with Gasteiger partial charge in [0.15, 0.2) is 0 Å². The van der Waals surface area contributed by atoms with Crippen LogP contribution in [0.5, 0.6) is 11.5 Å². The van der Waals surface area contributed by atoms with E-state index in [-0.39, 0.29) is 11.8 Å². The average molecular weight is 361 g/mol. The maximum absolute atomic E-state index is 12.9. The zero-order chi connectivity index (χ0) is 17.8. The van der Waals surface area contributed by atoms with Crippen LogP contribution in [0, 0.1) is 0 Å². The van der Waals surface area contributed by atoms with Crippen LogP contribution in [-0.2, 0) is 0 Å². The van der Waals surface area contributed by atoms with Gasteiger partial charge >= 0.3 is 0 Å². The minimum atomic E-state index is -0.157. The van der Waals surface area contributed by atoms with Gasteiger partial charge in [0.05, 0.1) is 19.7 Å². The predicted molar refractivity (Wildman–Crippen MR) is 93.5 cm³/mol. The second-order valence-corrected chi connectivity index (χ2v) is 6.21. The van der Waals surface area contributed by atoms with Crippen molar-refractivity contribution in [1.29, 1.82) is 0 Å². The first kappa shape index (κ1) is 17.2. The van der Waals surface area contributed by atoms with E-state index in [9.17, 15) is 9.59 Å². The summed E-state index contributed by atoms with van der Waals surface area (Å²) < 4.78 is 10.6. The number of benzene rings is 1. The lowest BCUT2D eigenvalue weighted by Gasteiger charge is -2.34. The van der Waals surface area contributed by atoms with Gasteiger partial charge in [0.2, 0.25) is 0 Å². The number of methoxy groups -OCH3 is 2. The van der Waals surface area contributed by atoms with Crippen LogP contribution < -0.4 is 9.47 Å². The minimum Gasteiger partial charge on any atom is -0.496 e. The van der Waals surface area contributed by atoms with Crippen LogP contribution in [0.15, 0.2) is 29.1 Å². The molecule has 0 aliphatic carbocycles. The topological polar surface area (TPSA) is 72.0 Å². The summed E-state index contributed by atoms with van der Waals surface area (Å²) in [6.07, 6.45) is 0. The smallest absolute Gasteiger partial charge is 0.273 e. The van der Waals surface area contributed by atoms with Crippen LogP contribution in [0.25, 0.3) is 0 Å². The maximum Gasteiger partial charge on any atom is 0.273 e. The first-order valence-electron chi connectivity index (χ1n) is 7.83. The molecule has 25 heavy (non-hydrogen) atoms. The zero-order valence-electron chi connectivity index (χ0n) is 14.1. The molecule has 0 atom stereocenters. The number of carbonyl (C=O) groups is 2. The van der Waals surface area contributed by atoms with Gasteiger partial charge in [-0.25, -0.2) is 4.98 Å². The van der Waals surface area contributed by atoms with Gasteiger partial charge in [0, 0.05) is 31.6 Å². The summed E-state index contributed by atoms with van der Waals surface area (Å²) in [7, 11) is 3.05. The molecule has 1 aliphatic rings. The molecule has 3 rings (SSSR count). The van der Waals surface area contributed by atoms with Crippen molar-refractivity contribution in [3.05, 3.63) is 40.3 Å². The number of piperazine rings is 1. The van der Waals surface area contributed by atoms with E-state index in [0.717, 1.165) is 0 Å². The summed E-state index contributed by atoms with van der Waals surface area (Å²) in [4.78, 5) is 32.7. The molecule has 7 nitrogen and oxygen atoms in total. The molecule has 1 aromatic heterocycles. The summed E-state index contributed by atoms with van der Waals surface area (Å²) in [6, 6.07) is 5.24. The molecule has 2 heterocycles. The van der Waals surface area contributed by atoms with Gasteiger partial charge < -0.3 is 19.3 Å². The average Bonchev–Trinajstić information content (AvgIpc) is 3.21. The first-order valence-corrected chi connectivity index (χ1v) is 8.77. The van der Waals surface area contributed by atoms with Crippen LogP contribution in [0.1, 0.15) is 20.8 Å². The minimum absolute atomic E-state index is 0.0942. The monoisotopic (exact) mass is 361 g/mol. The van der Waals surface area contributed by atoms with Gasteiger partial charge in [-0.1, -0.05) is 6.07 Å². The highest BCUT2D eigenvalue weighted by Gasteiger charge is 2.29. The van der Waals surface area contributed by atoms with Gasteiger partial charge in [-0.15, -0.1) is 11.3 Å². The number of nitrogens with zero attached hydrogens (tertiary/aromatic N) is 3. The second-order valence-electron chi connectivity index (χ2n) is 5.50. The third-order valence-corrected chi connectivity index (χ3v) is 4.73. The Labute approximate surface area is 149 Å². The molecule has 0 N–H and O–H groups in total. The molecule has 0 saturated carbocycles. The third kappa shape index (κ3) is 3.43. The molecule has 0 unspecified atom stereocenters. The lowest BCUT2D eigenvalue weighted by atomic mass is 10.1. The van der Waals surface area contributed by atoms with Crippen LogP contribution in [-0.4, -0.2) is 67.0 Å². The fourth-order valence-corrected chi connectivity index (χ4v) is 3.34. The van der Waals surface area contributed by atoms with E-state index < -0.39 is 0 Å². The summed E-state index contributed by atoms with van der Waals surface area (Å²) in [5, 5.41) is 1.74. The van der Waals surface area contributed by atoms with E-state index in [2.05, 4.69) is 4.98 Å². The van der Waals surface area contributed by atoms with Crippen LogP contribution in [0.3, 0.4) is 0 Å². The van der Waals surface area contributed by atoms with Crippen LogP contribution >= 0.6 is 11.3 Å². The number of rotatable bonds is 4. The molecular formula is C17H19N3O4S. The Balaban J connectivity index is 1.71. The Kier molecular flexibility index (Phi) is 5.18. The second kappa shape index (κ2) is 7.52. The highest BCUT2D eigenvalue weighted by atomic mass is 32.1. The van der Waals surface area contributed by atoms with Crippen molar-refractivity contribution in [3.63, 3.8) is 0 Å². The molecule has 1 saturated heterocycles. The Morgan fingerprint density at radius 3 is 2.04 bits per heavy atom. The van der Waals surface area contributed by atoms with Crippen LogP contribution in [0.4, 0.5) is 0 Å². The molecule has 1 aliphatic heterocycles. The van der Waals surface area contributed by atoms with Gasteiger partial charge in [-0.2, -0.15) is 0 Å². The van der Waals surface area contributed by atoms with Gasteiger partial charge in [0.25, 0.3) is 11.8 Å². The van der Waals surface area contributed by atoms with Crippen molar-refractivity contribution in [2.75, 3.05) is 40.4 Å². The molecule has 1 aromatic carbocycles. The molecule has 2 amide bonds. The number of hydrogen-bond acceptors (Lipinski definition) is 6. The molecule has 132 valence electrons. The van der Waals surface area contributed by atoms with Gasteiger partial charge in [0.1, 0.15) is 22.8 Å². The molecule has 0 radical (unpaired) electrons. The molecule has 1 fully saturated rings. The van der Waals surface area contributed by atoms with Crippen molar-refractivity contribution in [3.8, 4) is 11.5 Å². The van der Waals surface area contributed by atoms with Crippen molar-refractivity contribution in [2.24, 2.45) is 0 Å². The number of hydrogen-bond donors (Lipinski definition) is 0. The van der Waals surface area contributed by atoms with Gasteiger partial charge in [-0.05, 0) is 12.1 Å². The fraction of sp³-hybridized carbons (Fsp3) is 0.353. The highest BCUT2D eigenvalue weighted by molar-refractivity contribution is 7.07. The third-order valence-electron chi connectivity index (χ3n) is 4.15. The van der Waals surface area contributed by atoms with E-state index in [0.29, 0.717) is 48.9 Å². The highest BCUT2D eigenvalue weighted by Crippen LogP contribution is 2.29. The summed E-state index contributed by atoms with van der Waals surface area (Å²) in [6.45, 7) is 1.85. The van der Waals surface area contributed by atoms with E-state index in [4.69, 9.17) is 9.47 Å².